The molecule has 26 heavy (non-hydrogen) atoms. The summed E-state index contributed by atoms with van der Waals surface area (Å²) in [5.41, 5.74) is 6.68. The predicted molar refractivity (Wildman–Crippen MR) is 105 cm³/mol. The first kappa shape index (κ1) is 18.4. The van der Waals surface area contributed by atoms with Gasteiger partial charge in [0.05, 0.1) is 18.0 Å². The number of anilines is 2. The van der Waals surface area contributed by atoms with Crippen LogP contribution in [0, 0.1) is 17.2 Å². The largest absolute Gasteiger partial charge is 0.365 e. The third-order valence-corrected chi connectivity index (χ3v) is 5.28. The molecule has 1 aliphatic carbocycles. The number of nitrogens with one attached hydrogen (secondary N) is 2. The molecule has 0 saturated heterocycles. The van der Waals surface area contributed by atoms with Gasteiger partial charge in [-0.3, -0.25) is 9.48 Å². The molecule has 3 rings (SSSR count). The van der Waals surface area contributed by atoms with Crippen LogP contribution < -0.4 is 21.7 Å². The van der Waals surface area contributed by atoms with Gasteiger partial charge in [0.2, 0.25) is 0 Å². The summed E-state index contributed by atoms with van der Waals surface area (Å²) in [4.78, 5) is 11.9. The summed E-state index contributed by atoms with van der Waals surface area (Å²) >= 11 is 0. The maximum absolute atomic E-state index is 11.9. The predicted octanol–water partition coefficient (Wildman–Crippen LogP) is 1.68. The second-order valence-corrected chi connectivity index (χ2v) is 7.25. The van der Waals surface area contributed by atoms with Gasteiger partial charge in [-0.1, -0.05) is 12.1 Å². The molecule has 0 radical (unpaired) electrons. The smallest absolute Gasteiger partial charge is 0.254 e. The lowest BCUT2D eigenvalue weighted by Gasteiger charge is -2.32. The third-order valence-electron chi connectivity index (χ3n) is 4.90. The second-order valence-electron chi connectivity index (χ2n) is 6.58. The van der Waals surface area contributed by atoms with Crippen molar-refractivity contribution in [3.8, 4) is 6.07 Å². The SMILES string of the molecule is CN[C@@H]1CC[C@H](n2cc(C(N)=O)c(Nc3ccc(P)cc3)n2)C(C#N)C1. The number of carbonyl (C=O) groups is 1. The molecule has 2 aromatic rings. The molecule has 0 bridgehead atoms. The Balaban J connectivity index is 1.88. The van der Waals surface area contributed by atoms with Crippen LogP contribution in [0.4, 0.5) is 11.5 Å². The highest BCUT2D eigenvalue weighted by Crippen LogP contribution is 2.34. The Morgan fingerprint density at radius 3 is 2.73 bits per heavy atom. The Morgan fingerprint density at radius 2 is 2.12 bits per heavy atom. The first-order valence-electron chi connectivity index (χ1n) is 8.60. The zero-order chi connectivity index (χ0) is 18.7. The van der Waals surface area contributed by atoms with E-state index in [9.17, 15) is 10.1 Å². The third kappa shape index (κ3) is 3.87. The molecule has 1 aliphatic rings. The van der Waals surface area contributed by atoms with Gasteiger partial charge in [-0.2, -0.15) is 10.4 Å². The van der Waals surface area contributed by atoms with Crippen LogP contribution in [0.1, 0.15) is 35.7 Å². The minimum atomic E-state index is -0.543. The number of amides is 1. The van der Waals surface area contributed by atoms with E-state index in [0.29, 0.717) is 17.4 Å². The Morgan fingerprint density at radius 1 is 1.38 bits per heavy atom. The number of benzene rings is 1. The van der Waals surface area contributed by atoms with Crippen LogP contribution >= 0.6 is 9.24 Å². The van der Waals surface area contributed by atoms with Crippen molar-refractivity contribution in [3.05, 3.63) is 36.0 Å². The highest BCUT2D eigenvalue weighted by molar-refractivity contribution is 7.27. The number of nitrogens with two attached hydrogens (primary N) is 1. The quantitative estimate of drug-likeness (QED) is 0.694. The van der Waals surface area contributed by atoms with Crippen LogP contribution in [-0.2, 0) is 0 Å². The lowest BCUT2D eigenvalue weighted by Crippen LogP contribution is -2.36. The van der Waals surface area contributed by atoms with Gasteiger partial charge in [0.1, 0.15) is 5.56 Å². The summed E-state index contributed by atoms with van der Waals surface area (Å²) in [6.45, 7) is 0. The molecule has 1 fully saturated rings. The molecule has 4 N–H and O–H groups in total. The highest BCUT2D eigenvalue weighted by Gasteiger charge is 2.32. The zero-order valence-corrected chi connectivity index (χ0v) is 15.8. The van der Waals surface area contributed by atoms with Crippen molar-refractivity contribution < 1.29 is 4.79 Å². The van der Waals surface area contributed by atoms with E-state index in [1.165, 1.54) is 0 Å². The fourth-order valence-corrected chi connectivity index (χ4v) is 3.60. The minimum Gasteiger partial charge on any atom is -0.365 e. The summed E-state index contributed by atoms with van der Waals surface area (Å²) in [6.07, 6.45) is 4.21. The van der Waals surface area contributed by atoms with E-state index in [0.717, 1.165) is 30.3 Å². The van der Waals surface area contributed by atoms with E-state index in [1.807, 2.05) is 31.3 Å². The van der Waals surface area contributed by atoms with E-state index in [1.54, 1.807) is 10.9 Å². The number of nitrogens with zero attached hydrogens (tertiary/aromatic N) is 3. The molecule has 1 heterocycles. The topological polar surface area (TPSA) is 109 Å². The lowest BCUT2D eigenvalue weighted by molar-refractivity contribution is 0.100. The molecule has 2 unspecified atom stereocenters. The van der Waals surface area contributed by atoms with Crippen LogP contribution in [0.3, 0.4) is 0 Å². The van der Waals surface area contributed by atoms with Gasteiger partial charge in [0, 0.05) is 17.9 Å². The van der Waals surface area contributed by atoms with Gasteiger partial charge in [-0.25, -0.2) is 0 Å². The van der Waals surface area contributed by atoms with Gasteiger partial charge in [0.25, 0.3) is 5.91 Å². The molecule has 4 atom stereocenters. The molecule has 1 saturated carbocycles. The Hall–Kier alpha value is -2.42. The number of primary amides is 1. The van der Waals surface area contributed by atoms with Crippen LogP contribution in [0.15, 0.2) is 30.5 Å². The highest BCUT2D eigenvalue weighted by atomic mass is 31.0. The fourth-order valence-electron chi connectivity index (χ4n) is 3.41. The molecular weight excluding hydrogens is 347 g/mol. The number of rotatable bonds is 5. The zero-order valence-electron chi connectivity index (χ0n) is 14.6. The molecule has 1 amide bonds. The van der Waals surface area contributed by atoms with Crippen molar-refractivity contribution >= 4 is 32.0 Å². The van der Waals surface area contributed by atoms with Crippen molar-refractivity contribution in [2.24, 2.45) is 11.7 Å². The summed E-state index contributed by atoms with van der Waals surface area (Å²) < 4.78 is 1.73. The minimum absolute atomic E-state index is 0.0623. The first-order valence-corrected chi connectivity index (χ1v) is 9.18. The van der Waals surface area contributed by atoms with Crippen molar-refractivity contribution in [2.75, 3.05) is 12.4 Å². The van der Waals surface area contributed by atoms with E-state index in [4.69, 9.17) is 5.73 Å². The summed E-state index contributed by atoms with van der Waals surface area (Å²) in [6, 6.07) is 10.4. The van der Waals surface area contributed by atoms with Gasteiger partial charge < -0.3 is 16.4 Å². The number of nitriles is 1. The molecule has 1 aromatic carbocycles. The lowest BCUT2D eigenvalue weighted by atomic mass is 9.82. The van der Waals surface area contributed by atoms with Gasteiger partial charge in [-0.15, -0.1) is 9.24 Å². The van der Waals surface area contributed by atoms with Gasteiger partial charge >= 0.3 is 0 Å². The number of carbonyl (C=O) groups excluding carboxylic acids is 1. The Labute approximate surface area is 155 Å². The molecule has 136 valence electrons. The molecule has 0 aliphatic heterocycles. The van der Waals surface area contributed by atoms with E-state index < -0.39 is 5.91 Å². The fraction of sp³-hybridized carbons (Fsp3) is 0.389. The standard InChI is InChI=1S/C18H23N6OP/c1-21-13-4-7-16(11(8-13)9-19)24-10-15(17(20)25)18(23-24)22-12-2-5-14(26)6-3-12/h2-3,5-6,10-11,13,16,21H,4,7-8,26H2,1H3,(H2,20,25)(H,22,23)/t11?,13-,16+/m1/s1. The molecular formula is C18H23N6OP. The average molecular weight is 370 g/mol. The van der Waals surface area contributed by atoms with Crippen LogP contribution in [0.5, 0.6) is 0 Å². The van der Waals surface area contributed by atoms with Gasteiger partial charge in [-0.05, 0) is 43.7 Å². The summed E-state index contributed by atoms with van der Waals surface area (Å²) in [7, 11) is 4.54. The van der Waals surface area contributed by atoms with E-state index in [2.05, 4.69) is 31.0 Å². The maximum Gasteiger partial charge on any atom is 0.254 e. The van der Waals surface area contributed by atoms with Crippen molar-refractivity contribution in [2.45, 2.75) is 31.3 Å². The van der Waals surface area contributed by atoms with Gasteiger partial charge in [0.15, 0.2) is 5.82 Å². The number of hydrogen-bond donors (Lipinski definition) is 3. The van der Waals surface area contributed by atoms with Crippen molar-refractivity contribution in [1.82, 2.24) is 15.1 Å². The number of hydrogen-bond acceptors (Lipinski definition) is 5. The van der Waals surface area contributed by atoms with E-state index in [-0.39, 0.29) is 12.0 Å². The van der Waals surface area contributed by atoms with Crippen molar-refractivity contribution in [3.63, 3.8) is 0 Å². The van der Waals surface area contributed by atoms with Crippen LogP contribution in [0.2, 0.25) is 0 Å². The summed E-state index contributed by atoms with van der Waals surface area (Å²) in [5.74, 6) is -0.286. The maximum atomic E-state index is 11.9. The second kappa shape index (κ2) is 7.86. The molecule has 1 aromatic heterocycles. The number of aromatic nitrogens is 2. The van der Waals surface area contributed by atoms with Crippen LogP contribution in [-0.4, -0.2) is 28.8 Å². The average Bonchev–Trinajstić information content (AvgIpc) is 3.07. The molecule has 0 spiro atoms. The monoisotopic (exact) mass is 370 g/mol. The normalized spacial score (nSPS) is 22.6. The molecule has 7 nitrogen and oxygen atoms in total. The van der Waals surface area contributed by atoms with Crippen LogP contribution in [0.25, 0.3) is 0 Å². The summed E-state index contributed by atoms with van der Waals surface area (Å²) in [5, 5.41) is 21.6. The van der Waals surface area contributed by atoms with Crippen molar-refractivity contribution in [1.29, 1.82) is 5.26 Å². The first-order chi connectivity index (χ1) is 12.5. The Bertz CT molecular complexity index is 825. The Kier molecular flexibility index (Phi) is 5.55. The molecule has 8 heteroatoms. The van der Waals surface area contributed by atoms with E-state index >= 15 is 0 Å².